The molecule has 0 heterocycles. The Bertz CT molecular complexity index is 1200. The molecule has 170 valence electrons. The molecule has 0 spiro atoms. The van der Waals surface area contributed by atoms with Crippen LogP contribution in [0.25, 0.3) is 5.76 Å². The summed E-state index contributed by atoms with van der Waals surface area (Å²) in [5, 5.41) is 2.58. The van der Waals surface area contributed by atoms with Crippen LogP contribution in [0.1, 0.15) is 37.4 Å². The summed E-state index contributed by atoms with van der Waals surface area (Å²) in [4.78, 5) is 24.8. The number of carbonyl (C=O) groups is 2. The molecular weight excluding hydrogens is 433 g/mol. The molecule has 0 unspecified atom stereocenters. The second kappa shape index (κ2) is 9.60. The first-order valence-electron chi connectivity index (χ1n) is 9.84. The summed E-state index contributed by atoms with van der Waals surface area (Å²) in [6.45, 7) is 5.53. The van der Waals surface area contributed by atoms with Crippen molar-refractivity contribution in [3.63, 3.8) is 0 Å². The summed E-state index contributed by atoms with van der Waals surface area (Å²) in [7, 11) is 0. The molecule has 0 aliphatic carbocycles. The van der Waals surface area contributed by atoms with Gasteiger partial charge in [0.1, 0.15) is 5.76 Å². The number of halogens is 3. The summed E-state index contributed by atoms with van der Waals surface area (Å²) < 4.78 is 43.9. The molecule has 0 saturated carbocycles. The van der Waals surface area contributed by atoms with Crippen LogP contribution in [0.3, 0.4) is 0 Å². The molecule has 33 heavy (non-hydrogen) atoms. The number of benzene rings is 3. The van der Waals surface area contributed by atoms with Gasteiger partial charge in [0, 0.05) is 22.5 Å². The molecule has 0 bridgehead atoms. The number of hydrogen-bond acceptors (Lipinski definition) is 4. The number of ketones is 1. The van der Waals surface area contributed by atoms with Crippen molar-refractivity contribution in [2.45, 2.75) is 13.1 Å². The van der Waals surface area contributed by atoms with E-state index in [1.165, 1.54) is 0 Å². The third-order valence-electron chi connectivity index (χ3n) is 4.82. The van der Waals surface area contributed by atoms with Gasteiger partial charge < -0.3 is 15.8 Å². The summed E-state index contributed by atoms with van der Waals surface area (Å²) in [6.07, 6.45) is -4.56. The Labute approximate surface area is 188 Å². The third kappa shape index (κ3) is 6.00. The number of ether oxygens (including phenoxy) is 1. The van der Waals surface area contributed by atoms with Gasteiger partial charge in [0.25, 0.3) is 5.91 Å². The Morgan fingerprint density at radius 3 is 2.33 bits per heavy atom. The zero-order valence-corrected chi connectivity index (χ0v) is 17.7. The van der Waals surface area contributed by atoms with Crippen LogP contribution < -0.4 is 11.1 Å². The fraction of sp³-hybridized carbons (Fsp3) is 0.120. The minimum Gasteiger partial charge on any atom is -0.485 e. The fourth-order valence-corrected chi connectivity index (χ4v) is 2.97. The lowest BCUT2D eigenvalue weighted by Crippen LogP contribution is -2.15. The fourth-order valence-electron chi connectivity index (χ4n) is 2.97. The van der Waals surface area contributed by atoms with Crippen LogP contribution in [0.15, 0.2) is 73.3 Å². The first kappa shape index (κ1) is 23.6. The normalized spacial score (nSPS) is 11.0. The maximum Gasteiger partial charge on any atom is 0.416 e. The maximum absolute atomic E-state index is 12.8. The molecule has 3 aromatic carbocycles. The van der Waals surface area contributed by atoms with Crippen molar-refractivity contribution >= 4 is 28.8 Å². The summed E-state index contributed by atoms with van der Waals surface area (Å²) in [5.74, 6) is -0.654. The van der Waals surface area contributed by atoms with Crippen molar-refractivity contribution in [1.82, 2.24) is 0 Å². The number of aryl methyl sites for hydroxylation is 1. The minimum absolute atomic E-state index is 0.0906. The average molecular weight is 454 g/mol. The zero-order valence-electron chi connectivity index (χ0n) is 17.7. The second-order valence-corrected chi connectivity index (χ2v) is 7.34. The number of alkyl halides is 3. The predicted octanol–water partition coefficient (Wildman–Crippen LogP) is 5.72. The summed E-state index contributed by atoms with van der Waals surface area (Å²) in [6, 6.07) is 16.1. The van der Waals surface area contributed by atoms with Gasteiger partial charge in [-0.1, -0.05) is 48.5 Å². The van der Waals surface area contributed by atoms with Gasteiger partial charge in [-0.2, -0.15) is 13.2 Å². The van der Waals surface area contributed by atoms with E-state index in [0.717, 1.165) is 17.7 Å². The number of Topliss-reactive ketones (excluding diaryl/α,β-unsaturated/α-hetero) is 1. The molecule has 1 amide bonds. The standard InChI is InChI=1S/C25H21F3N2O3/c1-15-6-8-17(9-7-15)23(31)14-33-16(2)18-4-3-5-20(12-18)30-24(32)21-11-10-19(13-22(21)29)25(26,27)28/h3-13H,2,14,29H2,1H3,(H,30,32). The van der Waals surface area contributed by atoms with Crippen LogP contribution >= 0.6 is 0 Å². The number of nitrogens with one attached hydrogen (secondary N) is 1. The molecule has 5 nitrogen and oxygen atoms in total. The van der Waals surface area contributed by atoms with Crippen LogP contribution in [0.5, 0.6) is 0 Å². The van der Waals surface area contributed by atoms with Crippen LogP contribution in [0, 0.1) is 6.92 Å². The van der Waals surface area contributed by atoms with Crippen LogP contribution in [0.4, 0.5) is 24.5 Å². The van der Waals surface area contributed by atoms with E-state index in [0.29, 0.717) is 22.9 Å². The van der Waals surface area contributed by atoms with Gasteiger partial charge in [0.05, 0.1) is 11.1 Å². The molecule has 0 radical (unpaired) electrons. The highest BCUT2D eigenvalue weighted by atomic mass is 19.4. The van der Waals surface area contributed by atoms with E-state index >= 15 is 0 Å². The first-order valence-corrected chi connectivity index (χ1v) is 9.84. The number of carbonyl (C=O) groups excluding carboxylic acids is 2. The number of amides is 1. The van der Waals surface area contributed by atoms with E-state index in [4.69, 9.17) is 10.5 Å². The van der Waals surface area contributed by atoms with Gasteiger partial charge in [0.15, 0.2) is 12.4 Å². The second-order valence-electron chi connectivity index (χ2n) is 7.34. The quantitative estimate of drug-likeness (QED) is 0.272. The number of rotatable bonds is 7. The monoisotopic (exact) mass is 454 g/mol. The number of hydrogen-bond donors (Lipinski definition) is 2. The van der Waals surface area contributed by atoms with Crippen LogP contribution in [0.2, 0.25) is 0 Å². The molecule has 0 atom stereocenters. The first-order chi connectivity index (χ1) is 15.5. The van der Waals surface area contributed by atoms with Crippen molar-refractivity contribution < 1.29 is 27.5 Å². The molecule has 0 fully saturated rings. The third-order valence-corrected chi connectivity index (χ3v) is 4.82. The predicted molar refractivity (Wildman–Crippen MR) is 121 cm³/mol. The SMILES string of the molecule is C=C(OCC(=O)c1ccc(C)cc1)c1cccc(NC(=O)c2ccc(C(F)(F)F)cc2N)c1. The smallest absolute Gasteiger partial charge is 0.416 e. The molecule has 3 rings (SSSR count). The topological polar surface area (TPSA) is 81.4 Å². The molecule has 3 N–H and O–H groups in total. The largest absolute Gasteiger partial charge is 0.485 e. The summed E-state index contributed by atoms with van der Waals surface area (Å²) >= 11 is 0. The number of anilines is 2. The molecule has 0 aromatic heterocycles. The van der Waals surface area contributed by atoms with E-state index in [1.54, 1.807) is 36.4 Å². The Hall–Kier alpha value is -4.07. The molecular formula is C25H21F3N2O3. The Kier molecular flexibility index (Phi) is 6.86. The van der Waals surface area contributed by atoms with Gasteiger partial charge in [0.2, 0.25) is 0 Å². The van der Waals surface area contributed by atoms with E-state index in [9.17, 15) is 22.8 Å². The molecule has 0 saturated heterocycles. The molecule has 0 aliphatic rings. The lowest BCUT2D eigenvalue weighted by molar-refractivity contribution is -0.137. The van der Waals surface area contributed by atoms with Gasteiger partial charge >= 0.3 is 6.18 Å². The maximum atomic E-state index is 12.8. The van der Waals surface area contributed by atoms with E-state index in [-0.39, 0.29) is 29.4 Å². The van der Waals surface area contributed by atoms with Crippen molar-refractivity contribution in [1.29, 1.82) is 0 Å². The van der Waals surface area contributed by atoms with E-state index < -0.39 is 17.6 Å². The number of nitrogen functional groups attached to an aromatic ring is 1. The van der Waals surface area contributed by atoms with Crippen molar-refractivity contribution in [2.75, 3.05) is 17.7 Å². The van der Waals surface area contributed by atoms with E-state index in [2.05, 4.69) is 11.9 Å². The van der Waals surface area contributed by atoms with Crippen LogP contribution in [-0.4, -0.2) is 18.3 Å². The Morgan fingerprint density at radius 2 is 1.70 bits per heavy atom. The Morgan fingerprint density at radius 1 is 1.00 bits per heavy atom. The minimum atomic E-state index is -4.56. The van der Waals surface area contributed by atoms with Crippen molar-refractivity contribution in [2.24, 2.45) is 0 Å². The highest BCUT2D eigenvalue weighted by Gasteiger charge is 2.31. The van der Waals surface area contributed by atoms with Gasteiger partial charge in [-0.05, 0) is 37.3 Å². The molecule has 8 heteroatoms. The number of nitrogens with two attached hydrogens (primary N) is 1. The highest BCUT2D eigenvalue weighted by molar-refractivity contribution is 6.08. The summed E-state index contributed by atoms with van der Waals surface area (Å²) in [5.41, 5.74) is 6.75. The highest BCUT2D eigenvalue weighted by Crippen LogP contribution is 2.31. The van der Waals surface area contributed by atoms with E-state index in [1.807, 2.05) is 19.1 Å². The lowest BCUT2D eigenvalue weighted by atomic mass is 10.1. The van der Waals surface area contributed by atoms with Gasteiger partial charge in [-0.3, -0.25) is 9.59 Å². The van der Waals surface area contributed by atoms with Gasteiger partial charge in [-0.15, -0.1) is 0 Å². The Balaban J connectivity index is 1.65. The average Bonchev–Trinajstić information content (AvgIpc) is 2.77. The molecule has 3 aromatic rings. The van der Waals surface area contributed by atoms with Crippen molar-refractivity contribution in [3.8, 4) is 0 Å². The lowest BCUT2D eigenvalue weighted by Gasteiger charge is -2.13. The van der Waals surface area contributed by atoms with Crippen LogP contribution in [-0.2, 0) is 10.9 Å². The van der Waals surface area contributed by atoms with Crippen molar-refractivity contribution in [3.05, 3.63) is 101 Å². The van der Waals surface area contributed by atoms with Gasteiger partial charge in [-0.25, -0.2) is 0 Å². The molecule has 0 aliphatic heterocycles. The zero-order chi connectivity index (χ0) is 24.2.